The summed E-state index contributed by atoms with van der Waals surface area (Å²) in [6.45, 7) is 4.45. The van der Waals surface area contributed by atoms with Crippen LogP contribution in [-0.2, 0) is 17.8 Å². The van der Waals surface area contributed by atoms with Crippen LogP contribution in [0.5, 0.6) is 0 Å². The average Bonchev–Trinajstić information content (AvgIpc) is 2.34. The number of nitrogens with zero attached hydrogens (tertiary/aromatic N) is 1. The molecule has 3 nitrogen and oxygen atoms in total. The molecule has 0 radical (unpaired) electrons. The molecule has 0 aliphatic rings. The lowest BCUT2D eigenvalue weighted by molar-refractivity contribution is -0.683. The molecule has 1 aromatic heterocycles. The number of carbonyl (C=O) groups excluding carboxylic acids is 1. The van der Waals surface area contributed by atoms with Gasteiger partial charge in [-0.05, 0) is 36.6 Å². The number of aryl methyl sites for hydroxylation is 2. The zero-order valence-corrected chi connectivity index (χ0v) is 13.4. The highest BCUT2D eigenvalue weighted by Gasteiger charge is 2.13. The standard InChI is InChI=1S/C16H19N2O.BrH/c1-12-5-3-6-13(2)16(12)9-15(19)11-18-8-4-7-14(17)10-18;/h3-8,10H,9,11,17H2,1-2H3;1H/q+1;/p-1. The van der Waals surface area contributed by atoms with Crippen LogP contribution in [0, 0.1) is 13.8 Å². The molecule has 106 valence electrons. The van der Waals surface area contributed by atoms with E-state index in [1.807, 2.05) is 54.9 Å². The van der Waals surface area contributed by atoms with Crippen LogP contribution >= 0.6 is 0 Å². The molecule has 2 rings (SSSR count). The van der Waals surface area contributed by atoms with E-state index in [4.69, 9.17) is 5.73 Å². The number of pyridine rings is 1. The van der Waals surface area contributed by atoms with E-state index in [1.54, 1.807) is 6.20 Å². The van der Waals surface area contributed by atoms with Crippen molar-refractivity contribution in [3.05, 3.63) is 59.4 Å². The summed E-state index contributed by atoms with van der Waals surface area (Å²) in [6.07, 6.45) is 4.11. The number of carbonyl (C=O) groups is 1. The monoisotopic (exact) mass is 334 g/mol. The minimum atomic E-state index is 0. The van der Waals surface area contributed by atoms with E-state index in [1.165, 1.54) is 11.1 Å². The van der Waals surface area contributed by atoms with E-state index in [0.29, 0.717) is 18.7 Å². The van der Waals surface area contributed by atoms with Crippen molar-refractivity contribution < 1.29 is 26.3 Å². The molecular weight excluding hydrogens is 316 g/mol. The predicted octanol–water partition coefficient (Wildman–Crippen LogP) is -1.01. The number of benzene rings is 1. The van der Waals surface area contributed by atoms with Gasteiger partial charge in [-0.2, -0.15) is 4.57 Å². The van der Waals surface area contributed by atoms with Gasteiger partial charge in [0.1, 0.15) is 0 Å². The van der Waals surface area contributed by atoms with Crippen molar-refractivity contribution in [3.63, 3.8) is 0 Å². The number of anilines is 1. The van der Waals surface area contributed by atoms with Gasteiger partial charge in [0.25, 0.3) is 0 Å². The van der Waals surface area contributed by atoms with Crippen molar-refractivity contribution in [2.75, 3.05) is 5.73 Å². The predicted molar refractivity (Wildman–Crippen MR) is 75.7 cm³/mol. The highest BCUT2D eigenvalue weighted by Crippen LogP contribution is 2.14. The number of nitrogen functional groups attached to an aromatic ring is 1. The van der Waals surface area contributed by atoms with Crippen molar-refractivity contribution in [2.45, 2.75) is 26.8 Å². The molecule has 2 aromatic rings. The number of hydrogen-bond donors (Lipinski definition) is 1. The third-order valence-electron chi connectivity index (χ3n) is 3.26. The Labute approximate surface area is 130 Å². The number of ketones is 1. The van der Waals surface area contributed by atoms with Gasteiger partial charge in [-0.1, -0.05) is 18.2 Å². The van der Waals surface area contributed by atoms with Gasteiger partial charge in [0.2, 0.25) is 12.3 Å². The topological polar surface area (TPSA) is 47.0 Å². The second-order valence-corrected chi connectivity index (χ2v) is 4.90. The van der Waals surface area contributed by atoms with E-state index < -0.39 is 0 Å². The first-order valence-corrected chi connectivity index (χ1v) is 6.37. The van der Waals surface area contributed by atoms with Crippen LogP contribution in [0.2, 0.25) is 0 Å². The fourth-order valence-corrected chi connectivity index (χ4v) is 2.23. The van der Waals surface area contributed by atoms with Gasteiger partial charge in [-0.25, -0.2) is 0 Å². The second-order valence-electron chi connectivity index (χ2n) is 4.90. The Bertz CT molecular complexity index is 591. The number of nitrogens with two attached hydrogens (primary N) is 1. The molecule has 0 saturated carbocycles. The van der Waals surface area contributed by atoms with Gasteiger partial charge in [0.05, 0.1) is 5.69 Å². The summed E-state index contributed by atoms with van der Waals surface area (Å²) in [5.41, 5.74) is 9.85. The summed E-state index contributed by atoms with van der Waals surface area (Å²) in [6, 6.07) is 9.77. The molecule has 1 aromatic carbocycles. The fourth-order valence-electron chi connectivity index (χ4n) is 2.23. The summed E-state index contributed by atoms with van der Waals surface area (Å²) in [4.78, 5) is 12.1. The van der Waals surface area contributed by atoms with Gasteiger partial charge in [0, 0.05) is 12.5 Å². The third-order valence-corrected chi connectivity index (χ3v) is 3.26. The summed E-state index contributed by atoms with van der Waals surface area (Å²) in [5.74, 6) is 0.188. The fraction of sp³-hybridized carbons (Fsp3) is 0.250. The molecule has 0 amide bonds. The molecule has 0 bridgehead atoms. The van der Waals surface area contributed by atoms with Crippen molar-refractivity contribution in [2.24, 2.45) is 0 Å². The Morgan fingerprint density at radius 1 is 1.15 bits per heavy atom. The Morgan fingerprint density at radius 3 is 2.40 bits per heavy atom. The summed E-state index contributed by atoms with van der Waals surface area (Å²) in [7, 11) is 0. The smallest absolute Gasteiger partial charge is 0.206 e. The molecule has 0 unspecified atom stereocenters. The molecular formula is C16H19BrN2O. The van der Waals surface area contributed by atoms with Crippen molar-refractivity contribution in [3.8, 4) is 0 Å². The van der Waals surface area contributed by atoms with Crippen LogP contribution < -0.4 is 27.3 Å². The van der Waals surface area contributed by atoms with Crippen molar-refractivity contribution in [1.82, 2.24) is 0 Å². The molecule has 0 saturated heterocycles. The Morgan fingerprint density at radius 2 is 1.80 bits per heavy atom. The van der Waals surface area contributed by atoms with Gasteiger partial charge in [-0.15, -0.1) is 0 Å². The van der Waals surface area contributed by atoms with Gasteiger partial charge in [-0.3, -0.25) is 4.79 Å². The van der Waals surface area contributed by atoms with E-state index in [-0.39, 0.29) is 22.8 Å². The van der Waals surface area contributed by atoms with Gasteiger partial charge in [0.15, 0.2) is 12.4 Å². The van der Waals surface area contributed by atoms with E-state index in [9.17, 15) is 4.79 Å². The number of halogens is 1. The molecule has 0 fully saturated rings. The van der Waals surface area contributed by atoms with Crippen molar-refractivity contribution >= 4 is 11.5 Å². The highest BCUT2D eigenvalue weighted by molar-refractivity contribution is 5.80. The minimum Gasteiger partial charge on any atom is -1.00 e. The quantitative estimate of drug-likeness (QED) is 0.728. The lowest BCUT2D eigenvalue weighted by atomic mass is 9.98. The van der Waals surface area contributed by atoms with Crippen LogP contribution in [0.1, 0.15) is 16.7 Å². The highest BCUT2D eigenvalue weighted by atomic mass is 79.9. The first-order valence-electron chi connectivity index (χ1n) is 6.37. The van der Waals surface area contributed by atoms with Gasteiger partial charge >= 0.3 is 0 Å². The largest absolute Gasteiger partial charge is 1.00 e. The summed E-state index contributed by atoms with van der Waals surface area (Å²) < 4.78 is 1.82. The number of Topliss-reactive ketones (excluding diaryl/α,β-unsaturated/α-hetero) is 1. The lowest BCUT2D eigenvalue weighted by Crippen LogP contribution is -3.00. The molecule has 0 aliphatic carbocycles. The van der Waals surface area contributed by atoms with Gasteiger partial charge < -0.3 is 22.7 Å². The molecule has 4 heteroatoms. The van der Waals surface area contributed by atoms with Crippen molar-refractivity contribution in [1.29, 1.82) is 0 Å². The zero-order valence-electron chi connectivity index (χ0n) is 11.8. The first-order chi connectivity index (χ1) is 9.06. The Hall–Kier alpha value is -1.68. The first kappa shape index (κ1) is 16.4. The molecule has 0 atom stereocenters. The molecule has 0 spiro atoms. The maximum Gasteiger partial charge on any atom is 0.206 e. The van der Waals surface area contributed by atoms with E-state index in [2.05, 4.69) is 0 Å². The number of hydrogen-bond acceptors (Lipinski definition) is 2. The van der Waals surface area contributed by atoms with Crippen LogP contribution in [0.4, 0.5) is 5.69 Å². The maximum atomic E-state index is 12.1. The Balaban J connectivity index is 0.00000200. The SMILES string of the molecule is Cc1cccc(C)c1CC(=O)C[n+]1cccc(N)c1.[Br-]. The minimum absolute atomic E-state index is 0. The van der Waals surface area contributed by atoms with Crippen LogP contribution in [0.25, 0.3) is 0 Å². The van der Waals surface area contributed by atoms with E-state index in [0.717, 1.165) is 5.56 Å². The third kappa shape index (κ3) is 4.17. The molecule has 20 heavy (non-hydrogen) atoms. The number of aromatic nitrogens is 1. The van der Waals surface area contributed by atoms with Crippen LogP contribution in [0.3, 0.4) is 0 Å². The zero-order chi connectivity index (χ0) is 13.8. The van der Waals surface area contributed by atoms with Crippen LogP contribution in [0.15, 0.2) is 42.7 Å². The molecule has 2 N–H and O–H groups in total. The average molecular weight is 335 g/mol. The maximum absolute atomic E-state index is 12.1. The van der Waals surface area contributed by atoms with Crippen LogP contribution in [-0.4, -0.2) is 5.78 Å². The number of rotatable bonds is 4. The summed E-state index contributed by atoms with van der Waals surface area (Å²) in [5, 5.41) is 0. The lowest BCUT2D eigenvalue weighted by Gasteiger charge is -2.07. The normalized spacial score (nSPS) is 9.90. The summed E-state index contributed by atoms with van der Waals surface area (Å²) >= 11 is 0. The molecule has 1 heterocycles. The Kier molecular flexibility index (Phi) is 5.89. The second kappa shape index (κ2) is 7.20. The molecule has 0 aliphatic heterocycles. The van der Waals surface area contributed by atoms with E-state index >= 15 is 0 Å².